The highest BCUT2D eigenvalue weighted by molar-refractivity contribution is 4.79. The second-order valence-corrected chi connectivity index (χ2v) is 4.36. The van der Waals surface area contributed by atoms with Gasteiger partial charge in [-0.1, -0.05) is 19.3 Å². The van der Waals surface area contributed by atoms with Crippen LogP contribution < -0.4 is 0 Å². The molecule has 2 aliphatic rings. The van der Waals surface area contributed by atoms with Gasteiger partial charge in [0.25, 0.3) is 0 Å². The summed E-state index contributed by atoms with van der Waals surface area (Å²) in [6.45, 7) is 3.69. The Bertz CT molecular complexity index is 184. The molecule has 1 saturated carbocycles. The van der Waals surface area contributed by atoms with Gasteiger partial charge >= 0.3 is 0 Å². The summed E-state index contributed by atoms with van der Waals surface area (Å²) in [6.07, 6.45) is 6.89. The van der Waals surface area contributed by atoms with Crippen molar-refractivity contribution in [3.05, 3.63) is 4.91 Å². The second kappa shape index (κ2) is 4.73. The van der Waals surface area contributed by atoms with Gasteiger partial charge in [0, 0.05) is 19.1 Å². The third-order valence-electron chi connectivity index (χ3n) is 3.50. The zero-order chi connectivity index (χ0) is 9.80. The molecule has 1 aliphatic heterocycles. The van der Waals surface area contributed by atoms with E-state index in [4.69, 9.17) is 0 Å². The lowest BCUT2D eigenvalue weighted by Gasteiger charge is -2.38. The van der Waals surface area contributed by atoms with Gasteiger partial charge in [-0.3, -0.25) is 9.91 Å². The molecule has 4 nitrogen and oxygen atoms in total. The first kappa shape index (κ1) is 9.90. The molecular formula is C10H19N3O. The summed E-state index contributed by atoms with van der Waals surface area (Å²) in [5, 5.41) is 4.62. The summed E-state index contributed by atoms with van der Waals surface area (Å²) in [4.78, 5) is 12.8. The van der Waals surface area contributed by atoms with Crippen molar-refractivity contribution >= 4 is 0 Å². The average Bonchev–Trinajstić information content (AvgIpc) is 2.30. The van der Waals surface area contributed by atoms with Crippen molar-refractivity contribution in [1.82, 2.24) is 9.91 Å². The zero-order valence-electron chi connectivity index (χ0n) is 8.69. The van der Waals surface area contributed by atoms with Crippen molar-refractivity contribution in [3.63, 3.8) is 0 Å². The molecule has 0 aromatic carbocycles. The lowest BCUT2D eigenvalue weighted by Crippen LogP contribution is -2.49. The normalized spacial score (nSPS) is 26.4. The van der Waals surface area contributed by atoms with E-state index in [9.17, 15) is 4.91 Å². The van der Waals surface area contributed by atoms with Crippen LogP contribution in [0.25, 0.3) is 0 Å². The third-order valence-corrected chi connectivity index (χ3v) is 3.50. The molecule has 1 saturated heterocycles. The van der Waals surface area contributed by atoms with Gasteiger partial charge < -0.3 is 0 Å². The number of rotatable bonds is 2. The molecule has 0 aromatic heterocycles. The Morgan fingerprint density at radius 1 is 0.929 bits per heavy atom. The monoisotopic (exact) mass is 197 g/mol. The van der Waals surface area contributed by atoms with Crippen LogP contribution in [0.2, 0.25) is 0 Å². The first-order valence-corrected chi connectivity index (χ1v) is 5.72. The Morgan fingerprint density at radius 3 is 2.14 bits per heavy atom. The minimum absolute atomic E-state index is 0.789. The molecule has 0 spiro atoms. The summed E-state index contributed by atoms with van der Waals surface area (Å²) < 4.78 is 0. The van der Waals surface area contributed by atoms with Crippen molar-refractivity contribution in [2.24, 2.45) is 5.29 Å². The van der Waals surface area contributed by atoms with E-state index < -0.39 is 0 Å². The zero-order valence-corrected chi connectivity index (χ0v) is 8.69. The Morgan fingerprint density at radius 2 is 1.57 bits per heavy atom. The first-order valence-electron chi connectivity index (χ1n) is 5.72. The highest BCUT2D eigenvalue weighted by Crippen LogP contribution is 2.23. The highest BCUT2D eigenvalue weighted by atomic mass is 16.3. The molecular weight excluding hydrogens is 178 g/mol. The number of piperazine rings is 1. The van der Waals surface area contributed by atoms with E-state index >= 15 is 0 Å². The van der Waals surface area contributed by atoms with Crippen molar-refractivity contribution in [3.8, 4) is 0 Å². The van der Waals surface area contributed by atoms with Gasteiger partial charge in [-0.25, -0.2) is 0 Å². The molecule has 0 unspecified atom stereocenters. The quantitative estimate of drug-likeness (QED) is 0.631. The molecule has 0 amide bonds. The lowest BCUT2D eigenvalue weighted by molar-refractivity contribution is 0.0797. The molecule has 0 atom stereocenters. The molecule has 1 heterocycles. The van der Waals surface area contributed by atoms with Crippen LogP contribution in [0.4, 0.5) is 0 Å². The molecule has 0 radical (unpaired) electrons. The molecule has 14 heavy (non-hydrogen) atoms. The number of nitroso groups, excluding NO2 is 1. The molecule has 4 heteroatoms. The third kappa shape index (κ3) is 2.23. The van der Waals surface area contributed by atoms with Crippen LogP contribution in [0.1, 0.15) is 32.1 Å². The van der Waals surface area contributed by atoms with Crippen molar-refractivity contribution in [2.45, 2.75) is 38.1 Å². The standard InChI is InChI=1S/C10H19N3O/c14-11-13-8-6-12(7-9-13)10-4-2-1-3-5-10/h10H,1-9H2. The van der Waals surface area contributed by atoms with Crippen molar-refractivity contribution < 1.29 is 0 Å². The van der Waals surface area contributed by atoms with Gasteiger partial charge in [0.05, 0.1) is 18.4 Å². The second-order valence-electron chi connectivity index (χ2n) is 4.36. The van der Waals surface area contributed by atoms with E-state index in [-0.39, 0.29) is 0 Å². The number of hydrogen-bond donors (Lipinski definition) is 0. The molecule has 0 N–H and O–H groups in total. The maximum Gasteiger partial charge on any atom is 0.0524 e. The Labute approximate surface area is 85.2 Å². The van der Waals surface area contributed by atoms with Gasteiger partial charge in [-0.15, -0.1) is 4.91 Å². The number of nitrogens with zero attached hydrogens (tertiary/aromatic N) is 3. The smallest absolute Gasteiger partial charge is 0.0524 e. The van der Waals surface area contributed by atoms with Gasteiger partial charge in [0.2, 0.25) is 0 Å². The Balaban J connectivity index is 1.78. The topological polar surface area (TPSA) is 35.9 Å². The lowest BCUT2D eigenvalue weighted by atomic mass is 9.94. The van der Waals surface area contributed by atoms with E-state index in [1.807, 2.05) is 0 Å². The van der Waals surface area contributed by atoms with E-state index in [0.29, 0.717) is 0 Å². The minimum Gasteiger partial charge on any atom is -0.297 e. The SMILES string of the molecule is O=NN1CCN(C2CCCCC2)CC1. The van der Waals surface area contributed by atoms with E-state index in [0.717, 1.165) is 32.2 Å². The van der Waals surface area contributed by atoms with Crippen LogP contribution in [0.15, 0.2) is 5.29 Å². The largest absolute Gasteiger partial charge is 0.297 e. The summed E-state index contributed by atoms with van der Waals surface area (Å²) in [7, 11) is 0. The molecule has 2 fully saturated rings. The summed E-state index contributed by atoms with van der Waals surface area (Å²) in [5.74, 6) is 0. The molecule has 2 rings (SSSR count). The summed E-state index contributed by atoms with van der Waals surface area (Å²) in [6, 6.07) is 0.789. The molecule has 0 bridgehead atoms. The van der Waals surface area contributed by atoms with Gasteiger partial charge in [-0.05, 0) is 12.8 Å². The van der Waals surface area contributed by atoms with E-state index in [1.54, 1.807) is 5.01 Å². The van der Waals surface area contributed by atoms with E-state index in [1.165, 1.54) is 32.1 Å². The average molecular weight is 197 g/mol. The van der Waals surface area contributed by atoms with Gasteiger partial charge in [0.1, 0.15) is 0 Å². The maximum absolute atomic E-state index is 10.3. The van der Waals surface area contributed by atoms with E-state index in [2.05, 4.69) is 10.2 Å². The maximum atomic E-state index is 10.3. The fourth-order valence-corrected chi connectivity index (χ4v) is 2.60. The van der Waals surface area contributed by atoms with Crippen LogP contribution in [0, 0.1) is 4.91 Å². The molecule has 0 aromatic rings. The fourth-order valence-electron chi connectivity index (χ4n) is 2.60. The first-order chi connectivity index (χ1) is 6.90. The molecule has 80 valence electrons. The van der Waals surface area contributed by atoms with Gasteiger partial charge in [0.15, 0.2) is 0 Å². The predicted octanol–water partition coefficient (Wildman–Crippen LogP) is 1.62. The van der Waals surface area contributed by atoms with Crippen LogP contribution in [0.5, 0.6) is 0 Å². The summed E-state index contributed by atoms with van der Waals surface area (Å²) in [5.41, 5.74) is 0. The Hall–Kier alpha value is -0.640. The van der Waals surface area contributed by atoms with Crippen LogP contribution >= 0.6 is 0 Å². The van der Waals surface area contributed by atoms with Crippen molar-refractivity contribution in [1.29, 1.82) is 0 Å². The highest BCUT2D eigenvalue weighted by Gasteiger charge is 2.24. The van der Waals surface area contributed by atoms with Crippen LogP contribution in [-0.2, 0) is 0 Å². The van der Waals surface area contributed by atoms with Crippen LogP contribution in [-0.4, -0.2) is 42.1 Å². The van der Waals surface area contributed by atoms with Gasteiger partial charge in [-0.2, -0.15) is 0 Å². The fraction of sp³-hybridized carbons (Fsp3) is 1.00. The summed E-state index contributed by atoms with van der Waals surface area (Å²) >= 11 is 0. The number of hydrogen-bond acceptors (Lipinski definition) is 3. The van der Waals surface area contributed by atoms with Crippen LogP contribution in [0.3, 0.4) is 0 Å². The minimum atomic E-state index is 0.789. The van der Waals surface area contributed by atoms with Crippen molar-refractivity contribution in [2.75, 3.05) is 26.2 Å². The predicted molar refractivity (Wildman–Crippen MR) is 55.8 cm³/mol. The molecule has 1 aliphatic carbocycles. The Kier molecular flexibility index (Phi) is 3.35.